The van der Waals surface area contributed by atoms with E-state index in [9.17, 15) is 96.1 Å². The third-order valence-corrected chi connectivity index (χ3v) is 26.4. The molecule has 16 N–H and O–H groups in total. The molecule has 0 aromatic rings. The Balaban J connectivity index is 0.911. The van der Waals surface area contributed by atoms with E-state index in [1.807, 2.05) is 34.6 Å². The highest BCUT2D eigenvalue weighted by Crippen LogP contribution is 2.82. The number of ether oxygens (including phenoxy) is 13. The Kier molecular flexibility index (Phi) is 23.2. The largest absolute Gasteiger partial charge is 0.479 e. The second-order valence-corrected chi connectivity index (χ2v) is 32.6. The Morgan fingerprint density at radius 2 is 1.15 bits per heavy atom. The van der Waals surface area contributed by atoms with Crippen LogP contribution in [0, 0.1) is 50.2 Å². The number of unbranched alkanes of at least 4 members (excludes halogenated alkanes) is 1. The molecule has 6 saturated heterocycles. The van der Waals surface area contributed by atoms with Crippen molar-refractivity contribution >= 4 is 17.9 Å². The van der Waals surface area contributed by atoms with Crippen molar-refractivity contribution in [3.05, 3.63) is 23.8 Å². The Bertz CT molecular complexity index is 3030. The lowest BCUT2D eigenvalue weighted by Gasteiger charge is -2.75. The van der Waals surface area contributed by atoms with Gasteiger partial charge in [0.2, 0.25) is 0 Å². The number of aliphatic carboxylic acids is 1. The quantitative estimate of drug-likeness (QED) is 0.0375. The zero-order valence-electron chi connectivity index (χ0n) is 59.6. The van der Waals surface area contributed by atoms with Gasteiger partial charge >= 0.3 is 17.9 Å². The molecule has 102 heavy (non-hydrogen) atoms. The van der Waals surface area contributed by atoms with Crippen LogP contribution in [0.4, 0.5) is 0 Å². The van der Waals surface area contributed by atoms with Crippen molar-refractivity contribution in [3.63, 3.8) is 0 Å². The van der Waals surface area contributed by atoms with Crippen molar-refractivity contribution in [2.24, 2.45) is 50.2 Å². The molecule has 11 aliphatic rings. The van der Waals surface area contributed by atoms with Crippen LogP contribution in [0.15, 0.2) is 23.8 Å². The summed E-state index contributed by atoms with van der Waals surface area (Å²) >= 11 is 0. The molecular weight excluding hydrogens is 1350 g/mol. The standard InChI is InChI=1S/C70H110O32/c1-12-14-15-16-38(75)95-55-54(101-57(88)28(3)13-2)64(5,6)23-35-69-22-18-34-66(9)20-19-37(65(7,8)33(66)17-21-67(34,10)68(69,11)24-36(74)70(35,55)63(89)102-69)94-62-53(100-59-47(84)43(80)41(78)31(25-71)92-59)49(48(85)50(97-62)56(86)87)96-61-52(45(82)42(79)32(26-72)93-61)99-60-51(44(81)39(76)29(4)91-60)98-58-46(83)40(77)30(73)27-90-58/h13,15-16,29-37,39-55,58-63,71-74,76-85,89H,12,14,17-27H2,1-11H3,(H,86,87)/b16-15-,28-13-/t29-,30+,31+,32+,33-,34+,35-,36+,37-,39-,40-,41-,42-,43-,44+,45-,46+,47+,48-,49-,50-,51+,52+,53+,54-,55-,58-,59-,60-,61-,62+,63-,66-,67+,68-,69-,70+/m0/s1. The normalized spacial score (nSPS) is 52.1. The van der Waals surface area contributed by atoms with E-state index >= 15 is 0 Å². The van der Waals surface area contributed by atoms with Crippen LogP contribution in [0.3, 0.4) is 0 Å². The molecule has 0 radical (unpaired) electrons. The molecule has 6 aliphatic heterocycles. The summed E-state index contributed by atoms with van der Waals surface area (Å²) in [7, 11) is 0. The van der Waals surface area contributed by atoms with Gasteiger partial charge in [-0.25, -0.2) is 14.4 Å². The number of hydrogen-bond acceptors (Lipinski definition) is 31. The lowest BCUT2D eigenvalue weighted by molar-refractivity contribution is -0.411. The van der Waals surface area contributed by atoms with E-state index in [1.165, 1.54) is 13.0 Å². The van der Waals surface area contributed by atoms with Gasteiger partial charge in [0.1, 0.15) is 110 Å². The van der Waals surface area contributed by atoms with Crippen LogP contribution < -0.4 is 0 Å². The van der Waals surface area contributed by atoms with E-state index in [-0.39, 0.29) is 24.7 Å². The van der Waals surface area contributed by atoms with E-state index in [0.717, 1.165) is 6.42 Å². The zero-order chi connectivity index (χ0) is 74.8. The molecule has 11 fully saturated rings. The van der Waals surface area contributed by atoms with Crippen LogP contribution in [0.2, 0.25) is 0 Å². The summed E-state index contributed by atoms with van der Waals surface area (Å²) in [5.74, 6) is -4.06. The second-order valence-electron chi connectivity index (χ2n) is 32.6. The summed E-state index contributed by atoms with van der Waals surface area (Å²) < 4.78 is 81.5. The van der Waals surface area contributed by atoms with Crippen LogP contribution in [-0.2, 0) is 76.0 Å². The second kappa shape index (κ2) is 29.7. The number of carboxylic acids is 1. The first-order chi connectivity index (χ1) is 47.8. The van der Waals surface area contributed by atoms with Gasteiger partial charge in [0, 0.05) is 28.4 Å². The first-order valence-electron chi connectivity index (χ1n) is 36.0. The van der Waals surface area contributed by atoms with Gasteiger partial charge < -0.3 is 143 Å². The zero-order valence-corrected chi connectivity index (χ0v) is 59.6. The molecule has 0 unspecified atom stereocenters. The molecule has 32 nitrogen and oxygen atoms in total. The van der Waals surface area contributed by atoms with E-state index in [4.69, 9.17) is 61.6 Å². The van der Waals surface area contributed by atoms with E-state index in [1.54, 1.807) is 26.0 Å². The van der Waals surface area contributed by atoms with Crippen LogP contribution in [-0.4, -0.2) is 303 Å². The van der Waals surface area contributed by atoms with Gasteiger partial charge in [-0.3, -0.25) is 0 Å². The molecule has 0 aromatic carbocycles. The average Bonchev–Trinajstić information content (AvgIpc) is 1.39. The molecule has 582 valence electrons. The fourth-order valence-electron chi connectivity index (χ4n) is 20.5. The lowest BCUT2D eigenvalue weighted by Crippen LogP contribution is -2.77. The SMILES string of the molecule is C/C=C(/C)C(=O)O[C@H]1[C@H](OC(=O)/C=C\CCC)[C@@]23[C@H](O)C[C@]4(C)[C@@](CC[C@@H]5[C@@]6(C)CC[C@H](O[C@@H]7O[C@H](C(=O)O)[C@@H](O)[C@H](O[C@@H]8O[C@H](CO)[C@H](O)[C@H](O)[C@H]8O[C@@H]8O[C@@H](C)[C@H](O)[C@@H](O)[C@H]8O[C@@H]8OC[C@@H](O)[C@H](O)[C@H]8O)[C@H]7O[C@@H]7O[C@H](CO)[C@H](O)[C@H](O)[C@H]7O)C(C)(C)[C@@H]6CC[C@]54C)(O[C@@H]2O)[C@@H]3CC1(C)C. The van der Waals surface area contributed by atoms with Crippen molar-refractivity contribution in [3.8, 4) is 0 Å². The van der Waals surface area contributed by atoms with Crippen molar-refractivity contribution in [2.75, 3.05) is 19.8 Å². The minimum Gasteiger partial charge on any atom is -0.479 e. The molecule has 6 heterocycles. The highest BCUT2D eigenvalue weighted by molar-refractivity contribution is 5.88. The van der Waals surface area contributed by atoms with Gasteiger partial charge in [-0.2, -0.15) is 0 Å². The Morgan fingerprint density at radius 1 is 0.569 bits per heavy atom. The Hall–Kier alpha value is -3.15. The summed E-state index contributed by atoms with van der Waals surface area (Å²) in [5.41, 5.74) is -6.26. The summed E-state index contributed by atoms with van der Waals surface area (Å²) in [6.45, 7) is 18.5. The number of esters is 2. The van der Waals surface area contributed by atoms with Crippen molar-refractivity contribution in [1.82, 2.24) is 0 Å². The number of carbonyl (C=O) groups excluding carboxylic acids is 2. The van der Waals surface area contributed by atoms with Crippen molar-refractivity contribution in [2.45, 2.75) is 324 Å². The summed E-state index contributed by atoms with van der Waals surface area (Å²) in [6.07, 6.45) is -44.1. The summed E-state index contributed by atoms with van der Waals surface area (Å²) in [4.78, 5) is 41.3. The highest BCUT2D eigenvalue weighted by Gasteiger charge is 2.86. The third kappa shape index (κ3) is 13.0. The van der Waals surface area contributed by atoms with Crippen molar-refractivity contribution < 1.29 is 158 Å². The van der Waals surface area contributed by atoms with Gasteiger partial charge in [0.15, 0.2) is 49.9 Å². The molecule has 0 amide bonds. The maximum atomic E-state index is 14.0. The summed E-state index contributed by atoms with van der Waals surface area (Å²) in [5, 5.41) is 181. The molecule has 5 saturated carbocycles. The molecular formula is C70H110O32. The Labute approximate surface area is 591 Å². The van der Waals surface area contributed by atoms with Crippen LogP contribution in [0.25, 0.3) is 0 Å². The van der Waals surface area contributed by atoms with Gasteiger partial charge in [-0.05, 0) is 107 Å². The molecule has 37 atom stereocenters. The van der Waals surface area contributed by atoms with Gasteiger partial charge in [0.05, 0.1) is 49.1 Å². The number of carbonyl (C=O) groups is 3. The number of fused-ring (bicyclic) bond motifs is 4. The molecule has 0 aromatic heterocycles. The first kappa shape index (κ1) is 79.9. The number of hydrogen-bond donors (Lipinski definition) is 16. The predicted molar refractivity (Wildman–Crippen MR) is 343 cm³/mol. The molecule has 32 heteroatoms. The minimum absolute atomic E-state index is 0.0987. The number of rotatable bonds is 19. The minimum atomic E-state index is -2.37. The topological polar surface area (TPSA) is 495 Å². The van der Waals surface area contributed by atoms with Crippen LogP contribution >= 0.6 is 0 Å². The fraction of sp³-hybridized carbons (Fsp3) is 0.900. The maximum Gasteiger partial charge on any atom is 0.335 e. The van der Waals surface area contributed by atoms with Crippen LogP contribution in [0.1, 0.15) is 140 Å². The molecule has 2 bridgehead atoms. The van der Waals surface area contributed by atoms with E-state index < -0.39 is 260 Å². The molecule has 11 rings (SSSR count). The van der Waals surface area contributed by atoms with Crippen molar-refractivity contribution in [1.29, 1.82) is 0 Å². The lowest BCUT2D eigenvalue weighted by atomic mass is 9.30. The van der Waals surface area contributed by atoms with E-state index in [2.05, 4.69) is 20.8 Å². The average molecular weight is 1460 g/mol. The molecule has 1 spiro atoms. The van der Waals surface area contributed by atoms with Gasteiger partial charge in [-0.15, -0.1) is 0 Å². The number of allylic oxidation sites excluding steroid dienone is 2. The van der Waals surface area contributed by atoms with Gasteiger partial charge in [-0.1, -0.05) is 74.0 Å². The predicted octanol–water partition coefficient (Wildman–Crippen LogP) is -2.08. The van der Waals surface area contributed by atoms with E-state index in [0.29, 0.717) is 50.5 Å². The fourth-order valence-corrected chi connectivity index (χ4v) is 20.5. The number of aliphatic hydroxyl groups is 15. The first-order valence-corrected chi connectivity index (χ1v) is 36.0. The highest BCUT2D eigenvalue weighted by atomic mass is 16.8. The molecule has 5 aliphatic carbocycles. The summed E-state index contributed by atoms with van der Waals surface area (Å²) in [6, 6.07) is 0. The number of carboxylic acid groups (broad SMARTS) is 1. The monoisotopic (exact) mass is 1460 g/mol. The maximum absolute atomic E-state index is 14.0. The smallest absolute Gasteiger partial charge is 0.335 e. The third-order valence-electron chi connectivity index (χ3n) is 26.4. The Morgan fingerprint density at radius 3 is 1.78 bits per heavy atom. The van der Waals surface area contributed by atoms with Gasteiger partial charge in [0.25, 0.3) is 0 Å². The number of aliphatic hydroxyl groups excluding tert-OH is 15. The van der Waals surface area contributed by atoms with Crippen LogP contribution in [0.5, 0.6) is 0 Å².